The Morgan fingerprint density at radius 2 is 1.63 bits per heavy atom. The summed E-state index contributed by atoms with van der Waals surface area (Å²) in [4.78, 5) is 0. The zero-order valence-corrected chi connectivity index (χ0v) is 10.2. The van der Waals surface area contributed by atoms with Crippen molar-refractivity contribution in [1.29, 1.82) is 0 Å². The van der Waals surface area contributed by atoms with Crippen molar-refractivity contribution in [3.8, 4) is 0 Å². The molecule has 0 aromatic heterocycles. The standard InChI is InChI=1S/C15H14F3N/c16-12-3-1-2-10(6-12)7-14(19)9-11-8-13(17)4-5-15(11)18/h1-6,8,14H,7,9,19H2. The van der Waals surface area contributed by atoms with Gasteiger partial charge in [0.25, 0.3) is 0 Å². The molecule has 1 nitrogen and oxygen atoms in total. The fourth-order valence-electron chi connectivity index (χ4n) is 2.02. The van der Waals surface area contributed by atoms with Gasteiger partial charge in [-0.15, -0.1) is 0 Å². The van der Waals surface area contributed by atoms with Crippen molar-refractivity contribution >= 4 is 0 Å². The molecule has 0 heterocycles. The van der Waals surface area contributed by atoms with Crippen LogP contribution in [-0.2, 0) is 12.8 Å². The first-order valence-electron chi connectivity index (χ1n) is 5.98. The minimum absolute atomic E-state index is 0.208. The van der Waals surface area contributed by atoms with Crippen LogP contribution >= 0.6 is 0 Å². The monoisotopic (exact) mass is 265 g/mol. The molecule has 0 aliphatic heterocycles. The molecule has 0 aliphatic rings. The number of halogens is 3. The van der Waals surface area contributed by atoms with Gasteiger partial charge in [0.2, 0.25) is 0 Å². The van der Waals surface area contributed by atoms with E-state index >= 15 is 0 Å². The Morgan fingerprint density at radius 1 is 0.895 bits per heavy atom. The molecule has 2 N–H and O–H groups in total. The molecule has 0 spiro atoms. The Kier molecular flexibility index (Phi) is 4.22. The first kappa shape index (κ1) is 13.6. The lowest BCUT2D eigenvalue weighted by molar-refractivity contribution is 0.565. The third-order valence-corrected chi connectivity index (χ3v) is 2.88. The van der Waals surface area contributed by atoms with Gasteiger partial charge < -0.3 is 5.73 Å². The van der Waals surface area contributed by atoms with Gasteiger partial charge in [-0.05, 0) is 54.3 Å². The van der Waals surface area contributed by atoms with E-state index in [0.29, 0.717) is 6.42 Å². The van der Waals surface area contributed by atoms with Gasteiger partial charge in [0.05, 0.1) is 0 Å². The van der Waals surface area contributed by atoms with E-state index < -0.39 is 17.7 Å². The molecule has 2 rings (SSSR count). The van der Waals surface area contributed by atoms with Crippen LogP contribution in [0, 0.1) is 17.5 Å². The number of benzene rings is 2. The molecule has 1 atom stereocenters. The summed E-state index contributed by atoms with van der Waals surface area (Å²) in [7, 11) is 0. The average Bonchev–Trinajstić information content (AvgIpc) is 2.34. The molecule has 0 bridgehead atoms. The number of nitrogens with two attached hydrogens (primary N) is 1. The van der Waals surface area contributed by atoms with Crippen LogP contribution in [0.2, 0.25) is 0 Å². The number of rotatable bonds is 4. The van der Waals surface area contributed by atoms with Crippen LogP contribution in [0.4, 0.5) is 13.2 Å². The van der Waals surface area contributed by atoms with Gasteiger partial charge in [0.15, 0.2) is 0 Å². The number of hydrogen-bond donors (Lipinski definition) is 1. The predicted molar refractivity (Wildman–Crippen MR) is 68.1 cm³/mol. The smallest absolute Gasteiger partial charge is 0.126 e. The first-order valence-corrected chi connectivity index (χ1v) is 5.98. The highest BCUT2D eigenvalue weighted by atomic mass is 19.1. The second-order valence-electron chi connectivity index (χ2n) is 4.53. The largest absolute Gasteiger partial charge is 0.327 e. The van der Waals surface area contributed by atoms with Crippen LogP contribution in [-0.4, -0.2) is 6.04 Å². The van der Waals surface area contributed by atoms with Gasteiger partial charge >= 0.3 is 0 Å². The van der Waals surface area contributed by atoms with E-state index in [4.69, 9.17) is 5.73 Å². The fraction of sp³-hybridized carbons (Fsp3) is 0.200. The van der Waals surface area contributed by atoms with Crippen molar-refractivity contribution in [1.82, 2.24) is 0 Å². The Hall–Kier alpha value is -1.81. The highest BCUT2D eigenvalue weighted by Crippen LogP contribution is 2.14. The highest BCUT2D eigenvalue weighted by molar-refractivity contribution is 5.22. The lowest BCUT2D eigenvalue weighted by Crippen LogP contribution is -2.26. The van der Waals surface area contributed by atoms with E-state index in [1.807, 2.05) is 0 Å². The van der Waals surface area contributed by atoms with Crippen molar-refractivity contribution in [2.24, 2.45) is 5.73 Å². The van der Waals surface area contributed by atoms with Gasteiger partial charge in [0, 0.05) is 6.04 Å². The third kappa shape index (κ3) is 3.83. The SMILES string of the molecule is NC(Cc1cccc(F)c1)Cc1cc(F)ccc1F. The lowest BCUT2D eigenvalue weighted by atomic mass is 9.99. The summed E-state index contributed by atoms with van der Waals surface area (Å²) in [6.45, 7) is 0. The molecular weight excluding hydrogens is 251 g/mol. The van der Waals surface area contributed by atoms with Crippen LogP contribution in [0.1, 0.15) is 11.1 Å². The third-order valence-electron chi connectivity index (χ3n) is 2.88. The van der Waals surface area contributed by atoms with E-state index in [1.54, 1.807) is 12.1 Å². The van der Waals surface area contributed by atoms with Gasteiger partial charge in [-0.25, -0.2) is 13.2 Å². The van der Waals surface area contributed by atoms with Crippen LogP contribution in [0.5, 0.6) is 0 Å². The van der Waals surface area contributed by atoms with Gasteiger partial charge in [-0.1, -0.05) is 12.1 Å². The molecule has 100 valence electrons. The maximum absolute atomic E-state index is 13.5. The zero-order valence-electron chi connectivity index (χ0n) is 10.2. The van der Waals surface area contributed by atoms with Crippen molar-refractivity contribution in [2.75, 3.05) is 0 Å². The molecule has 0 saturated carbocycles. The van der Waals surface area contributed by atoms with E-state index in [-0.39, 0.29) is 17.8 Å². The predicted octanol–water partition coefficient (Wildman–Crippen LogP) is 3.22. The van der Waals surface area contributed by atoms with Crippen LogP contribution < -0.4 is 5.73 Å². The number of hydrogen-bond acceptors (Lipinski definition) is 1. The summed E-state index contributed by atoms with van der Waals surface area (Å²) >= 11 is 0. The topological polar surface area (TPSA) is 26.0 Å². The van der Waals surface area contributed by atoms with Crippen LogP contribution in [0.25, 0.3) is 0 Å². The van der Waals surface area contributed by atoms with E-state index in [2.05, 4.69) is 0 Å². The average molecular weight is 265 g/mol. The molecule has 1 unspecified atom stereocenters. The second-order valence-corrected chi connectivity index (χ2v) is 4.53. The summed E-state index contributed by atoms with van der Waals surface area (Å²) in [6, 6.07) is 8.99. The summed E-state index contributed by atoms with van der Waals surface area (Å²) in [5, 5.41) is 0. The van der Waals surface area contributed by atoms with Crippen molar-refractivity contribution in [3.63, 3.8) is 0 Å². The maximum atomic E-state index is 13.5. The molecule has 0 radical (unpaired) electrons. The molecular formula is C15H14F3N. The second kappa shape index (κ2) is 5.89. The summed E-state index contributed by atoms with van der Waals surface area (Å²) in [5.41, 5.74) is 6.88. The quantitative estimate of drug-likeness (QED) is 0.902. The molecule has 19 heavy (non-hydrogen) atoms. The minimum Gasteiger partial charge on any atom is -0.327 e. The van der Waals surface area contributed by atoms with E-state index in [1.165, 1.54) is 12.1 Å². The van der Waals surface area contributed by atoms with Crippen molar-refractivity contribution in [3.05, 3.63) is 71.0 Å². The highest BCUT2D eigenvalue weighted by Gasteiger charge is 2.10. The molecule has 4 heteroatoms. The maximum Gasteiger partial charge on any atom is 0.126 e. The Balaban J connectivity index is 2.05. The summed E-state index contributed by atoms with van der Waals surface area (Å²) < 4.78 is 39.5. The van der Waals surface area contributed by atoms with E-state index in [0.717, 1.165) is 23.8 Å². The molecule has 0 fully saturated rings. The molecule has 0 saturated heterocycles. The van der Waals surface area contributed by atoms with Gasteiger partial charge in [-0.2, -0.15) is 0 Å². The summed E-state index contributed by atoms with van der Waals surface area (Å²) in [6.07, 6.45) is 0.619. The Labute approximate surface area is 109 Å². The Bertz CT molecular complexity index is 569. The van der Waals surface area contributed by atoms with Crippen molar-refractivity contribution < 1.29 is 13.2 Å². The van der Waals surface area contributed by atoms with E-state index in [9.17, 15) is 13.2 Å². The minimum atomic E-state index is -0.491. The first-order chi connectivity index (χ1) is 9.04. The van der Waals surface area contributed by atoms with Gasteiger partial charge in [-0.3, -0.25) is 0 Å². The molecule has 0 aliphatic carbocycles. The molecule has 0 amide bonds. The molecule has 2 aromatic carbocycles. The summed E-state index contributed by atoms with van der Waals surface area (Å²) in [5.74, 6) is -1.30. The zero-order chi connectivity index (χ0) is 13.8. The van der Waals surface area contributed by atoms with Crippen LogP contribution in [0.15, 0.2) is 42.5 Å². The normalized spacial score (nSPS) is 12.4. The van der Waals surface area contributed by atoms with Crippen LogP contribution in [0.3, 0.4) is 0 Å². The lowest BCUT2D eigenvalue weighted by Gasteiger charge is -2.12. The fourth-order valence-corrected chi connectivity index (χ4v) is 2.02. The van der Waals surface area contributed by atoms with Gasteiger partial charge in [0.1, 0.15) is 17.5 Å². The molecule has 2 aromatic rings. The van der Waals surface area contributed by atoms with Crippen molar-refractivity contribution in [2.45, 2.75) is 18.9 Å². The Morgan fingerprint density at radius 3 is 2.37 bits per heavy atom.